The monoisotopic (exact) mass is 874 g/mol. The van der Waals surface area contributed by atoms with Gasteiger partial charge in [0.15, 0.2) is 7.28 Å². The maximum Gasteiger partial charge on any atom is 0.198 e. The van der Waals surface area contributed by atoms with Crippen LogP contribution >= 0.6 is 0 Å². The van der Waals surface area contributed by atoms with Crippen LogP contribution in [0.1, 0.15) is 51.3 Å². The van der Waals surface area contributed by atoms with Crippen LogP contribution in [0, 0.1) is 0 Å². The highest BCUT2D eigenvalue weighted by Gasteiger charge is 2.37. The number of aromatic nitrogens is 1. The van der Waals surface area contributed by atoms with Gasteiger partial charge in [-0.1, -0.05) is 174 Å². The van der Waals surface area contributed by atoms with Gasteiger partial charge in [0, 0.05) is 83.1 Å². The fourth-order valence-electron chi connectivity index (χ4n) is 11.7. The molecule has 0 spiro atoms. The highest BCUT2D eigenvalue weighted by atomic mass is 16.3. The molecule has 0 bridgehead atoms. The number of hydrogen-bond acceptors (Lipinski definition) is 3. The fraction of sp³-hybridized carbons (Fsp3) is 0.111. The summed E-state index contributed by atoms with van der Waals surface area (Å²) in [6, 6.07) is 66.6. The van der Waals surface area contributed by atoms with Crippen LogP contribution in [-0.4, -0.2) is 11.8 Å². The summed E-state index contributed by atoms with van der Waals surface area (Å²) in [5, 5.41) is 10.9. The summed E-state index contributed by atoms with van der Waals surface area (Å²) in [4.78, 5) is 0. The normalized spacial score (nSPS) is 13.6. The third-order valence-electron chi connectivity index (χ3n) is 15.2. The summed E-state index contributed by atoms with van der Waals surface area (Å²) in [6.07, 6.45) is 0. The molecule has 0 fully saturated rings. The van der Waals surface area contributed by atoms with E-state index in [9.17, 15) is 0 Å². The van der Waals surface area contributed by atoms with E-state index < -0.39 is 0 Å². The zero-order valence-electron chi connectivity index (χ0n) is 38.8. The number of benzene rings is 9. The molecule has 324 valence electrons. The van der Waals surface area contributed by atoms with E-state index in [4.69, 9.17) is 8.83 Å². The van der Waals surface area contributed by atoms with Gasteiger partial charge in [0.25, 0.3) is 0 Å². The second kappa shape index (κ2) is 14.0. The Morgan fingerprint density at radius 2 is 1.19 bits per heavy atom. The van der Waals surface area contributed by atoms with Crippen LogP contribution < -0.4 is 16.2 Å². The molecule has 3 aromatic heterocycles. The van der Waals surface area contributed by atoms with E-state index in [0.717, 1.165) is 85.2 Å². The molecular weight excluding hydrogens is 828 g/mol. The van der Waals surface area contributed by atoms with Gasteiger partial charge < -0.3 is 18.7 Å². The summed E-state index contributed by atoms with van der Waals surface area (Å²) in [6.45, 7) is 11.6. The molecule has 12 aromatic rings. The fourth-order valence-corrected chi connectivity index (χ4v) is 11.7. The summed E-state index contributed by atoms with van der Waals surface area (Å²) >= 11 is 0. The molecule has 9 aromatic carbocycles. The number of rotatable bonds is 5. The van der Waals surface area contributed by atoms with Crippen LogP contribution in [0.4, 0.5) is 11.4 Å². The lowest BCUT2D eigenvalue weighted by atomic mass is 9.58. The topological polar surface area (TPSA) is 43.2 Å². The first kappa shape index (κ1) is 39.2. The van der Waals surface area contributed by atoms with Gasteiger partial charge in [0.2, 0.25) is 0 Å². The van der Waals surface area contributed by atoms with Gasteiger partial charge in [-0.15, -0.1) is 0 Å². The molecule has 68 heavy (non-hydrogen) atoms. The zero-order valence-corrected chi connectivity index (χ0v) is 38.8. The average Bonchev–Trinajstić information content (AvgIpc) is 4.07. The quantitative estimate of drug-likeness (QED) is 0.175. The number of hydrogen-bond donors (Lipinski definition) is 1. The molecule has 1 aliphatic heterocycles. The Balaban J connectivity index is 1.07. The Morgan fingerprint density at radius 3 is 1.94 bits per heavy atom. The van der Waals surface area contributed by atoms with Gasteiger partial charge in [-0.3, -0.25) is 0 Å². The maximum absolute atomic E-state index is 7.01. The number of fused-ring (bicyclic) bond motifs is 12. The Labute approximate surface area is 395 Å². The van der Waals surface area contributed by atoms with Crippen molar-refractivity contribution in [2.24, 2.45) is 0 Å². The van der Waals surface area contributed by atoms with Crippen molar-refractivity contribution in [1.29, 1.82) is 0 Å². The van der Waals surface area contributed by atoms with Crippen molar-refractivity contribution >= 4 is 84.1 Å². The Hall–Kier alpha value is -8.02. The molecule has 0 saturated heterocycles. The number of furan rings is 2. The molecule has 1 N–H and O–H groups in total. The standard InChI is InChI=1S/C63H47BN2O2/c1-62(2,3)38-24-26-39(27-25-38)65-53-34-51-44(40-20-12-14-22-50(40)63(51,4)5)30-45(53)42-28-29-43-46-31-47-41-21-13-15-23-56(41)67-57(47)35-54(46)66-55-33-49-48(32-52(55)64-58(42)59(43)66)60(36-16-8-6-9-17-36)68-61(49)37-18-10-7-11-19-37/h6-35,64-65H,1-5H3. The van der Waals surface area contributed by atoms with E-state index in [0.29, 0.717) is 0 Å². The second-order valence-corrected chi connectivity index (χ2v) is 20.5. The first-order valence-corrected chi connectivity index (χ1v) is 23.9. The van der Waals surface area contributed by atoms with E-state index >= 15 is 0 Å². The Morgan fingerprint density at radius 1 is 0.500 bits per heavy atom. The molecule has 0 saturated carbocycles. The summed E-state index contributed by atoms with van der Waals surface area (Å²) < 4.78 is 16.2. The summed E-state index contributed by atoms with van der Waals surface area (Å²) in [5.41, 5.74) is 21.1. The zero-order chi connectivity index (χ0) is 45.6. The van der Waals surface area contributed by atoms with E-state index in [2.05, 4.69) is 226 Å². The van der Waals surface area contributed by atoms with Crippen molar-refractivity contribution in [2.75, 3.05) is 5.32 Å². The number of anilines is 2. The molecule has 0 atom stereocenters. The van der Waals surface area contributed by atoms with Crippen LogP contribution in [-0.2, 0) is 10.8 Å². The van der Waals surface area contributed by atoms with Gasteiger partial charge in [-0.05, 0) is 86.7 Å². The predicted molar refractivity (Wildman–Crippen MR) is 287 cm³/mol. The minimum atomic E-state index is -0.160. The van der Waals surface area contributed by atoms with Crippen molar-refractivity contribution < 1.29 is 8.83 Å². The van der Waals surface area contributed by atoms with Crippen LogP contribution in [0.5, 0.6) is 0 Å². The Kier molecular flexibility index (Phi) is 8.07. The van der Waals surface area contributed by atoms with E-state index in [1.807, 2.05) is 0 Å². The van der Waals surface area contributed by atoms with E-state index in [-0.39, 0.29) is 10.8 Å². The van der Waals surface area contributed by atoms with Crippen molar-refractivity contribution in [3.05, 3.63) is 199 Å². The lowest BCUT2D eigenvalue weighted by molar-refractivity contribution is 0.590. The third-order valence-corrected chi connectivity index (χ3v) is 15.2. The lowest BCUT2D eigenvalue weighted by Gasteiger charge is -2.26. The molecule has 1 aliphatic carbocycles. The second-order valence-electron chi connectivity index (χ2n) is 20.5. The largest absolute Gasteiger partial charge is 0.456 e. The minimum Gasteiger partial charge on any atom is -0.456 e. The summed E-state index contributed by atoms with van der Waals surface area (Å²) in [7, 11) is 0.742. The molecule has 2 aliphatic rings. The van der Waals surface area contributed by atoms with Crippen LogP contribution in [0.3, 0.4) is 0 Å². The van der Waals surface area contributed by atoms with Crippen LogP contribution in [0.25, 0.3) is 105 Å². The summed E-state index contributed by atoms with van der Waals surface area (Å²) in [5.74, 6) is 1.76. The lowest BCUT2D eigenvalue weighted by Crippen LogP contribution is -2.37. The molecule has 4 nitrogen and oxygen atoms in total. The Bertz CT molecular complexity index is 4070. The van der Waals surface area contributed by atoms with Gasteiger partial charge in [-0.25, -0.2) is 0 Å². The van der Waals surface area contributed by atoms with E-state index in [1.165, 1.54) is 66.2 Å². The smallest absolute Gasteiger partial charge is 0.198 e. The predicted octanol–water partition coefficient (Wildman–Crippen LogP) is 15.5. The van der Waals surface area contributed by atoms with Crippen LogP contribution in [0.15, 0.2) is 191 Å². The molecule has 14 rings (SSSR count). The average molecular weight is 875 g/mol. The minimum absolute atomic E-state index is 0.0581. The van der Waals surface area contributed by atoms with Gasteiger partial charge in [0.1, 0.15) is 22.7 Å². The number of nitrogens with one attached hydrogen (secondary N) is 1. The molecule has 5 heteroatoms. The first-order chi connectivity index (χ1) is 33.1. The van der Waals surface area contributed by atoms with Crippen molar-refractivity contribution in [3.8, 4) is 50.6 Å². The number of nitrogens with zero attached hydrogens (tertiary/aromatic N) is 1. The maximum atomic E-state index is 7.01. The molecular formula is C63H47BN2O2. The van der Waals surface area contributed by atoms with Crippen molar-refractivity contribution in [2.45, 2.75) is 45.4 Å². The molecule has 0 radical (unpaired) electrons. The van der Waals surface area contributed by atoms with E-state index in [1.54, 1.807) is 0 Å². The van der Waals surface area contributed by atoms with Crippen molar-refractivity contribution in [3.63, 3.8) is 0 Å². The van der Waals surface area contributed by atoms with Gasteiger partial charge >= 0.3 is 0 Å². The van der Waals surface area contributed by atoms with Crippen LogP contribution in [0.2, 0.25) is 0 Å². The highest BCUT2D eigenvalue weighted by Crippen LogP contribution is 2.52. The third kappa shape index (κ3) is 5.62. The first-order valence-electron chi connectivity index (χ1n) is 23.9. The molecule has 0 unspecified atom stereocenters. The highest BCUT2D eigenvalue weighted by molar-refractivity contribution is 6.73. The SMILES string of the molecule is CC(C)(C)c1ccc(Nc2cc3c(cc2-c2ccc4c5cc6c(cc5n5c4c2Bc2cc4c(-c7ccccc7)oc(-c7ccccc7)c4cc2-5)oc2ccccc26)-c2ccccc2C3(C)C)cc1. The van der Waals surface area contributed by atoms with Gasteiger partial charge in [-0.2, -0.15) is 0 Å². The molecule has 0 amide bonds. The van der Waals surface area contributed by atoms with Crippen molar-refractivity contribution in [1.82, 2.24) is 4.57 Å². The van der Waals surface area contributed by atoms with Gasteiger partial charge in [0.05, 0.1) is 5.52 Å². The molecule has 4 heterocycles. The number of para-hydroxylation sites is 1.